The van der Waals surface area contributed by atoms with E-state index in [0.717, 1.165) is 12.1 Å². The van der Waals surface area contributed by atoms with E-state index in [9.17, 15) is 18.0 Å². The van der Waals surface area contributed by atoms with Gasteiger partial charge < -0.3 is 26.0 Å². The number of nitrogens with two attached hydrogens (primary N) is 2. The molecule has 10 heteroatoms. The summed E-state index contributed by atoms with van der Waals surface area (Å²) in [6.45, 7) is 0. The van der Waals surface area contributed by atoms with Gasteiger partial charge >= 0.3 is 6.36 Å². The Morgan fingerprint density at radius 3 is 2.40 bits per heavy atom. The topological polar surface area (TPSA) is 116 Å². The number of carbonyl (C=O) groups excluding carboxylic acids is 1. The minimum Gasteiger partial charge on any atom is -0.406 e. The number of nitrogens with one attached hydrogen (secondary N) is 1. The van der Waals surface area contributed by atoms with Gasteiger partial charge in [0, 0.05) is 11.8 Å². The molecule has 0 aliphatic carbocycles. The zero-order valence-corrected chi connectivity index (χ0v) is 12.6. The van der Waals surface area contributed by atoms with Crippen LogP contribution in [0.3, 0.4) is 0 Å². The lowest BCUT2D eigenvalue weighted by Crippen LogP contribution is -2.27. The summed E-state index contributed by atoms with van der Waals surface area (Å²) in [6, 6.07) is 6.32. The molecular weight excluding hydrogens is 341 g/mol. The molecule has 1 aromatic carbocycles. The third kappa shape index (κ3) is 5.61. The Balaban J connectivity index is 2.01. The molecule has 0 radical (unpaired) electrons. The first kappa shape index (κ1) is 17.9. The number of alkyl halides is 3. The number of allylic oxidation sites excluding steroid dienone is 2. The van der Waals surface area contributed by atoms with Crippen LogP contribution < -0.4 is 21.5 Å². The fraction of sp³-hybridized carbons (Fsp3) is 0.0667. The molecule has 5 N–H and O–H groups in total. The van der Waals surface area contributed by atoms with E-state index in [4.69, 9.17) is 11.5 Å². The van der Waals surface area contributed by atoms with Crippen molar-refractivity contribution in [3.05, 3.63) is 65.8 Å². The van der Waals surface area contributed by atoms with Crippen molar-refractivity contribution in [1.29, 1.82) is 0 Å². The molecule has 1 amide bonds. The van der Waals surface area contributed by atoms with Crippen molar-refractivity contribution in [3.8, 4) is 5.75 Å². The molecule has 0 bridgehead atoms. The van der Waals surface area contributed by atoms with Crippen molar-refractivity contribution < 1.29 is 27.2 Å². The van der Waals surface area contributed by atoms with Crippen LogP contribution in [0.25, 0.3) is 5.70 Å². The number of nitrogens with zero attached hydrogens (tertiary/aromatic N) is 1. The summed E-state index contributed by atoms with van der Waals surface area (Å²) in [5.41, 5.74) is 12.1. The smallest absolute Gasteiger partial charge is 0.406 e. The molecule has 0 fully saturated rings. The van der Waals surface area contributed by atoms with Crippen LogP contribution in [0.5, 0.6) is 5.75 Å². The number of hydrogen-bond acceptors (Lipinski definition) is 6. The van der Waals surface area contributed by atoms with Crippen LogP contribution in [0.4, 0.5) is 13.2 Å². The Morgan fingerprint density at radius 2 is 1.84 bits per heavy atom. The molecule has 0 spiro atoms. The third-order valence-electron chi connectivity index (χ3n) is 2.79. The molecule has 1 aromatic heterocycles. The number of benzene rings is 1. The molecule has 0 atom stereocenters. The summed E-state index contributed by atoms with van der Waals surface area (Å²) in [5, 5.41) is 5.80. The number of aromatic nitrogens is 1. The van der Waals surface area contributed by atoms with Crippen molar-refractivity contribution in [1.82, 2.24) is 10.5 Å². The second-order valence-corrected chi connectivity index (χ2v) is 4.66. The second kappa shape index (κ2) is 7.43. The number of ether oxygens (including phenoxy) is 1. The molecule has 7 nitrogen and oxygen atoms in total. The second-order valence-electron chi connectivity index (χ2n) is 4.66. The molecule has 0 aliphatic heterocycles. The van der Waals surface area contributed by atoms with Gasteiger partial charge in [-0.15, -0.1) is 13.2 Å². The van der Waals surface area contributed by atoms with E-state index in [2.05, 4.69) is 19.7 Å². The average Bonchev–Trinajstić information content (AvgIpc) is 3.06. The lowest BCUT2D eigenvalue weighted by atomic mass is 10.1. The normalized spacial score (nSPS) is 12.8. The van der Waals surface area contributed by atoms with Gasteiger partial charge in [-0.25, -0.2) is 0 Å². The van der Waals surface area contributed by atoms with Crippen LogP contribution in [-0.2, 0) is 0 Å². The number of rotatable bonds is 5. The van der Waals surface area contributed by atoms with Crippen LogP contribution in [0.15, 0.2) is 59.1 Å². The number of hydrogen-bond donors (Lipinski definition) is 3. The van der Waals surface area contributed by atoms with Crippen LogP contribution >= 0.6 is 0 Å². The summed E-state index contributed by atoms with van der Waals surface area (Å²) in [6.07, 6.45) is -0.813. The molecule has 2 aromatic rings. The van der Waals surface area contributed by atoms with Crippen molar-refractivity contribution >= 4 is 11.6 Å². The Labute approximate surface area is 139 Å². The van der Waals surface area contributed by atoms with E-state index in [-0.39, 0.29) is 23.0 Å². The predicted octanol–water partition coefficient (Wildman–Crippen LogP) is 2.10. The van der Waals surface area contributed by atoms with Gasteiger partial charge in [0.2, 0.25) is 0 Å². The standard InChI is InChI=1S/C15H13F3N4O3/c16-15(17,18)25-10-3-1-9(2-4-10)11(19)5-6-13(20)21-14(23)12-7-8-24-22-12/h1-8H,19-20H2,(H,21,23)/b11-5-,13-6+. The van der Waals surface area contributed by atoms with Gasteiger partial charge in [0.05, 0.1) is 0 Å². The van der Waals surface area contributed by atoms with Gasteiger partial charge in [0.15, 0.2) is 5.69 Å². The van der Waals surface area contributed by atoms with Crippen LogP contribution in [0.1, 0.15) is 16.1 Å². The molecule has 1 heterocycles. The molecule has 132 valence electrons. The number of amides is 1. The molecule has 0 aliphatic rings. The minimum absolute atomic E-state index is 0.00650. The molecular formula is C15H13F3N4O3. The minimum atomic E-state index is -4.76. The maximum absolute atomic E-state index is 12.1. The van der Waals surface area contributed by atoms with Crippen LogP contribution in [-0.4, -0.2) is 17.4 Å². The number of halogens is 3. The first-order valence-electron chi connectivity index (χ1n) is 6.75. The molecule has 0 unspecified atom stereocenters. The first-order valence-corrected chi connectivity index (χ1v) is 6.75. The van der Waals surface area contributed by atoms with Crippen molar-refractivity contribution in [3.63, 3.8) is 0 Å². The maximum atomic E-state index is 12.1. The fourth-order valence-electron chi connectivity index (χ4n) is 1.69. The van der Waals surface area contributed by atoms with Crippen molar-refractivity contribution in [2.45, 2.75) is 6.36 Å². The van der Waals surface area contributed by atoms with E-state index in [1.54, 1.807) is 0 Å². The molecule has 25 heavy (non-hydrogen) atoms. The van der Waals surface area contributed by atoms with E-state index >= 15 is 0 Å². The first-order chi connectivity index (χ1) is 11.7. The van der Waals surface area contributed by atoms with E-state index in [1.165, 1.54) is 36.6 Å². The molecule has 0 saturated heterocycles. The van der Waals surface area contributed by atoms with E-state index in [1.807, 2.05) is 0 Å². The van der Waals surface area contributed by atoms with Crippen molar-refractivity contribution in [2.75, 3.05) is 0 Å². The Hall–Kier alpha value is -3.43. The summed E-state index contributed by atoms with van der Waals surface area (Å²) in [7, 11) is 0. The Bertz CT molecular complexity index is 781. The predicted molar refractivity (Wildman–Crippen MR) is 81.5 cm³/mol. The van der Waals surface area contributed by atoms with Crippen LogP contribution in [0, 0.1) is 0 Å². The summed E-state index contributed by atoms with van der Waals surface area (Å²) in [4.78, 5) is 11.7. The van der Waals surface area contributed by atoms with E-state index in [0.29, 0.717) is 5.56 Å². The quantitative estimate of drug-likeness (QED) is 0.708. The molecule has 0 saturated carbocycles. The highest BCUT2D eigenvalue weighted by atomic mass is 19.4. The lowest BCUT2D eigenvalue weighted by molar-refractivity contribution is -0.274. The largest absolute Gasteiger partial charge is 0.573 e. The molecule has 2 rings (SSSR count). The van der Waals surface area contributed by atoms with Gasteiger partial charge in [0.1, 0.15) is 17.8 Å². The lowest BCUT2D eigenvalue weighted by Gasteiger charge is -2.09. The van der Waals surface area contributed by atoms with Gasteiger partial charge in [0.25, 0.3) is 5.91 Å². The SMILES string of the molecule is N/C(=C\C=C(/N)NC(=O)c1ccon1)c1ccc(OC(F)(F)F)cc1. The highest BCUT2D eigenvalue weighted by Crippen LogP contribution is 2.23. The monoisotopic (exact) mass is 354 g/mol. The fourth-order valence-corrected chi connectivity index (χ4v) is 1.69. The summed E-state index contributed by atoms with van der Waals surface area (Å²) < 4.78 is 44.6. The van der Waals surface area contributed by atoms with Gasteiger partial charge in [-0.05, 0) is 42.0 Å². The third-order valence-corrected chi connectivity index (χ3v) is 2.79. The van der Waals surface area contributed by atoms with Gasteiger partial charge in [-0.3, -0.25) is 4.79 Å². The van der Waals surface area contributed by atoms with Crippen molar-refractivity contribution in [2.24, 2.45) is 11.5 Å². The van der Waals surface area contributed by atoms with Gasteiger partial charge in [-0.2, -0.15) is 0 Å². The zero-order chi connectivity index (χ0) is 18.4. The van der Waals surface area contributed by atoms with Gasteiger partial charge in [-0.1, -0.05) is 5.16 Å². The highest BCUT2D eigenvalue weighted by Gasteiger charge is 2.30. The number of carbonyl (C=O) groups is 1. The van der Waals surface area contributed by atoms with Crippen LogP contribution in [0.2, 0.25) is 0 Å². The Morgan fingerprint density at radius 1 is 1.16 bits per heavy atom. The Kier molecular flexibility index (Phi) is 5.32. The summed E-state index contributed by atoms with van der Waals surface area (Å²) >= 11 is 0. The zero-order valence-electron chi connectivity index (χ0n) is 12.6. The average molecular weight is 354 g/mol. The van der Waals surface area contributed by atoms with E-state index < -0.39 is 12.3 Å². The summed E-state index contributed by atoms with van der Waals surface area (Å²) in [5.74, 6) is -0.935. The highest BCUT2D eigenvalue weighted by molar-refractivity contribution is 5.93. The maximum Gasteiger partial charge on any atom is 0.573 e.